The summed E-state index contributed by atoms with van der Waals surface area (Å²) in [5, 5.41) is 10.3. The Balaban J connectivity index is 2.25. The van der Waals surface area contributed by atoms with Crippen LogP contribution < -0.4 is 0 Å². The molecule has 0 atom stereocenters. The van der Waals surface area contributed by atoms with Gasteiger partial charge in [0.15, 0.2) is 0 Å². The lowest BCUT2D eigenvalue weighted by Crippen LogP contribution is -2.23. The molecule has 0 saturated carbocycles. The fourth-order valence-corrected chi connectivity index (χ4v) is 3.17. The Morgan fingerprint density at radius 2 is 2.05 bits per heavy atom. The van der Waals surface area contributed by atoms with Crippen LogP contribution >= 0.6 is 11.3 Å². The predicted octanol–water partition coefficient (Wildman–Crippen LogP) is 3.53. The number of hydrogen-bond donors (Lipinski definition) is 1. The second-order valence-corrected chi connectivity index (χ2v) is 6.13. The first kappa shape index (κ1) is 16.6. The Hall–Kier alpha value is -1.79. The van der Waals surface area contributed by atoms with Crippen LogP contribution in [0.15, 0.2) is 24.5 Å². The van der Waals surface area contributed by atoms with Crippen molar-refractivity contribution in [2.75, 3.05) is 13.1 Å². The van der Waals surface area contributed by atoms with Gasteiger partial charge in [-0.1, -0.05) is 20.3 Å². The van der Waals surface area contributed by atoms with E-state index in [1.807, 2.05) is 0 Å². The number of pyridine rings is 1. The van der Waals surface area contributed by atoms with Gasteiger partial charge in [0.1, 0.15) is 9.88 Å². The molecular formula is C16H21N3O2S. The third kappa shape index (κ3) is 4.11. The van der Waals surface area contributed by atoms with Crippen LogP contribution in [0.2, 0.25) is 0 Å². The average Bonchev–Trinajstić information content (AvgIpc) is 2.96. The molecule has 5 nitrogen and oxygen atoms in total. The van der Waals surface area contributed by atoms with Crippen molar-refractivity contribution < 1.29 is 9.90 Å². The van der Waals surface area contributed by atoms with Crippen LogP contribution in [-0.2, 0) is 6.54 Å². The van der Waals surface area contributed by atoms with E-state index < -0.39 is 5.97 Å². The van der Waals surface area contributed by atoms with Crippen molar-refractivity contribution in [3.63, 3.8) is 0 Å². The zero-order chi connectivity index (χ0) is 15.9. The molecule has 2 heterocycles. The van der Waals surface area contributed by atoms with Crippen molar-refractivity contribution in [2.45, 2.75) is 33.2 Å². The third-order valence-corrected chi connectivity index (χ3v) is 4.48. The van der Waals surface area contributed by atoms with Gasteiger partial charge in [-0.15, -0.1) is 11.3 Å². The van der Waals surface area contributed by atoms with Crippen molar-refractivity contribution in [2.24, 2.45) is 0 Å². The van der Waals surface area contributed by atoms with Crippen LogP contribution in [0.25, 0.3) is 11.3 Å². The van der Waals surface area contributed by atoms with E-state index in [-0.39, 0.29) is 0 Å². The Morgan fingerprint density at radius 3 is 2.64 bits per heavy atom. The van der Waals surface area contributed by atoms with Crippen LogP contribution in [0.5, 0.6) is 0 Å². The van der Waals surface area contributed by atoms with E-state index in [0.717, 1.165) is 36.5 Å². The average molecular weight is 319 g/mol. The molecule has 2 aromatic rings. The predicted molar refractivity (Wildman–Crippen MR) is 88.2 cm³/mol. The SMILES string of the molecule is CCCCN(CC)Cc1nc(-c2ccncc2)c(C(=O)O)s1. The first-order valence-corrected chi connectivity index (χ1v) is 8.33. The van der Waals surface area contributed by atoms with Crippen molar-refractivity contribution in [1.82, 2.24) is 14.9 Å². The van der Waals surface area contributed by atoms with Gasteiger partial charge in [-0.3, -0.25) is 9.88 Å². The number of carboxylic acid groups (broad SMARTS) is 1. The van der Waals surface area contributed by atoms with E-state index >= 15 is 0 Å². The first-order valence-electron chi connectivity index (χ1n) is 7.51. The summed E-state index contributed by atoms with van der Waals surface area (Å²) in [6.07, 6.45) is 5.60. The van der Waals surface area contributed by atoms with Crippen molar-refractivity contribution in [3.05, 3.63) is 34.4 Å². The number of aromatic nitrogens is 2. The van der Waals surface area contributed by atoms with Gasteiger partial charge in [0.05, 0.1) is 12.2 Å². The van der Waals surface area contributed by atoms with Gasteiger partial charge in [0, 0.05) is 18.0 Å². The molecule has 0 unspecified atom stereocenters. The lowest BCUT2D eigenvalue weighted by atomic mass is 10.2. The van der Waals surface area contributed by atoms with E-state index in [9.17, 15) is 9.90 Å². The Morgan fingerprint density at radius 1 is 1.32 bits per heavy atom. The topological polar surface area (TPSA) is 66.3 Å². The molecule has 6 heteroatoms. The van der Waals surface area contributed by atoms with Gasteiger partial charge in [-0.05, 0) is 31.6 Å². The van der Waals surface area contributed by atoms with E-state index in [1.165, 1.54) is 11.3 Å². The quantitative estimate of drug-likeness (QED) is 0.806. The molecule has 0 spiro atoms. The summed E-state index contributed by atoms with van der Waals surface area (Å²) in [5.41, 5.74) is 1.34. The molecule has 2 aromatic heterocycles. The van der Waals surface area contributed by atoms with Crippen molar-refractivity contribution >= 4 is 17.3 Å². The fourth-order valence-electron chi connectivity index (χ4n) is 2.20. The van der Waals surface area contributed by atoms with Crippen molar-refractivity contribution in [1.29, 1.82) is 0 Å². The Kier molecular flexibility index (Phi) is 6.03. The van der Waals surface area contributed by atoms with Crippen LogP contribution in [0, 0.1) is 0 Å². The molecule has 0 saturated heterocycles. The maximum atomic E-state index is 11.5. The molecule has 1 N–H and O–H groups in total. The zero-order valence-electron chi connectivity index (χ0n) is 13.0. The highest BCUT2D eigenvalue weighted by Crippen LogP contribution is 2.28. The molecule has 0 amide bonds. The molecule has 0 bridgehead atoms. The van der Waals surface area contributed by atoms with Gasteiger partial charge in [-0.25, -0.2) is 9.78 Å². The summed E-state index contributed by atoms with van der Waals surface area (Å²) in [6, 6.07) is 3.58. The second kappa shape index (κ2) is 8.00. The standard InChI is InChI=1S/C16H21N3O2S/c1-3-5-10-19(4-2)11-13-18-14(15(22-13)16(20)21)12-6-8-17-9-7-12/h6-9H,3-5,10-11H2,1-2H3,(H,20,21). The van der Waals surface area contributed by atoms with E-state index in [1.54, 1.807) is 24.5 Å². The van der Waals surface area contributed by atoms with Crippen molar-refractivity contribution in [3.8, 4) is 11.3 Å². The zero-order valence-corrected chi connectivity index (χ0v) is 13.8. The van der Waals surface area contributed by atoms with Crippen LogP contribution in [0.1, 0.15) is 41.4 Å². The number of carboxylic acids is 1. The summed E-state index contributed by atoms with van der Waals surface area (Å²) in [4.78, 5) is 22.6. The highest BCUT2D eigenvalue weighted by Gasteiger charge is 2.19. The maximum Gasteiger partial charge on any atom is 0.348 e. The highest BCUT2D eigenvalue weighted by molar-refractivity contribution is 7.14. The first-order chi connectivity index (χ1) is 10.7. The van der Waals surface area contributed by atoms with Gasteiger partial charge in [-0.2, -0.15) is 0 Å². The molecule has 0 aliphatic carbocycles. The smallest absolute Gasteiger partial charge is 0.348 e. The normalized spacial score (nSPS) is 11.0. The molecule has 0 radical (unpaired) electrons. The molecular weight excluding hydrogens is 298 g/mol. The van der Waals surface area contributed by atoms with Gasteiger partial charge < -0.3 is 5.11 Å². The minimum Gasteiger partial charge on any atom is -0.477 e. The highest BCUT2D eigenvalue weighted by atomic mass is 32.1. The number of aromatic carboxylic acids is 1. The Bertz CT molecular complexity index is 613. The summed E-state index contributed by atoms with van der Waals surface area (Å²) in [6.45, 7) is 6.94. The fraction of sp³-hybridized carbons (Fsp3) is 0.438. The monoisotopic (exact) mass is 319 g/mol. The number of unbranched alkanes of at least 4 members (excludes halogenated alkanes) is 1. The maximum absolute atomic E-state index is 11.5. The molecule has 0 aromatic carbocycles. The van der Waals surface area contributed by atoms with E-state index in [2.05, 4.69) is 28.7 Å². The molecule has 0 fully saturated rings. The minimum atomic E-state index is -0.924. The molecule has 118 valence electrons. The summed E-state index contributed by atoms with van der Waals surface area (Å²) in [5.74, 6) is -0.924. The van der Waals surface area contributed by atoms with E-state index in [0.29, 0.717) is 17.1 Å². The lowest BCUT2D eigenvalue weighted by molar-refractivity contribution is 0.0702. The summed E-state index contributed by atoms with van der Waals surface area (Å²) < 4.78 is 0. The van der Waals surface area contributed by atoms with E-state index in [4.69, 9.17) is 0 Å². The summed E-state index contributed by atoms with van der Waals surface area (Å²) >= 11 is 1.27. The number of rotatable bonds is 8. The molecule has 0 aliphatic rings. The number of thiazole rings is 1. The lowest BCUT2D eigenvalue weighted by Gasteiger charge is -2.18. The minimum absolute atomic E-state index is 0.299. The number of hydrogen-bond acceptors (Lipinski definition) is 5. The third-order valence-electron chi connectivity index (χ3n) is 3.45. The molecule has 22 heavy (non-hydrogen) atoms. The number of carbonyl (C=O) groups is 1. The van der Waals surface area contributed by atoms with Crippen LogP contribution in [0.3, 0.4) is 0 Å². The van der Waals surface area contributed by atoms with Gasteiger partial charge >= 0.3 is 5.97 Å². The van der Waals surface area contributed by atoms with Gasteiger partial charge in [0.2, 0.25) is 0 Å². The molecule has 2 rings (SSSR count). The largest absolute Gasteiger partial charge is 0.477 e. The number of nitrogens with zero attached hydrogens (tertiary/aromatic N) is 3. The second-order valence-electron chi connectivity index (χ2n) is 5.05. The molecule has 0 aliphatic heterocycles. The summed E-state index contributed by atoms with van der Waals surface area (Å²) in [7, 11) is 0. The Labute approximate surface area is 134 Å². The van der Waals surface area contributed by atoms with Crippen LogP contribution in [0.4, 0.5) is 0 Å². The van der Waals surface area contributed by atoms with Crippen LogP contribution in [-0.4, -0.2) is 39.0 Å². The van der Waals surface area contributed by atoms with Gasteiger partial charge in [0.25, 0.3) is 0 Å².